The molecule has 0 bridgehead atoms. The van der Waals surface area contributed by atoms with Crippen molar-refractivity contribution < 1.29 is 9.85 Å². The third kappa shape index (κ3) is 4.34. The quantitative estimate of drug-likeness (QED) is 0.486. The zero-order chi connectivity index (χ0) is 17.0. The largest absolute Gasteiger partial charge is 0.332 e. The van der Waals surface area contributed by atoms with E-state index in [4.69, 9.17) is 23.8 Å². The van der Waals surface area contributed by atoms with Crippen molar-refractivity contribution in [2.45, 2.75) is 0 Å². The van der Waals surface area contributed by atoms with Crippen molar-refractivity contribution in [2.75, 3.05) is 10.6 Å². The van der Waals surface area contributed by atoms with Gasteiger partial charge in [0.05, 0.1) is 20.6 Å². The van der Waals surface area contributed by atoms with Gasteiger partial charge in [-0.3, -0.25) is 20.2 Å². The molecule has 0 unspecified atom stereocenters. The maximum Gasteiger partial charge on any atom is 0.271 e. The second-order valence-electron chi connectivity index (χ2n) is 4.30. The summed E-state index contributed by atoms with van der Waals surface area (Å²) < 4.78 is 0. The van der Waals surface area contributed by atoms with Crippen molar-refractivity contribution in [2.24, 2.45) is 0 Å². The second kappa shape index (κ2) is 6.99. The molecule has 0 aliphatic heterocycles. The topological polar surface area (TPSA) is 110 Å². The molecule has 2 aromatic rings. The van der Waals surface area contributed by atoms with Crippen LogP contribution in [0.2, 0.25) is 5.02 Å². The summed E-state index contributed by atoms with van der Waals surface area (Å²) in [7, 11) is 0. The summed E-state index contributed by atoms with van der Waals surface area (Å²) in [6, 6.07) is 9.54. The van der Waals surface area contributed by atoms with Gasteiger partial charge in [0.1, 0.15) is 0 Å². The number of nitro groups is 2. The summed E-state index contributed by atoms with van der Waals surface area (Å²) in [5.41, 5.74) is 0.626. The summed E-state index contributed by atoms with van der Waals surface area (Å²) in [5.74, 6) is 0. The third-order valence-electron chi connectivity index (χ3n) is 2.74. The molecule has 23 heavy (non-hydrogen) atoms. The molecule has 0 aromatic heterocycles. The first kappa shape index (κ1) is 16.6. The molecule has 0 saturated heterocycles. The summed E-state index contributed by atoms with van der Waals surface area (Å²) in [5, 5.41) is 27.3. The lowest BCUT2D eigenvalue weighted by Gasteiger charge is -2.11. The molecule has 118 valence electrons. The molecule has 0 radical (unpaired) electrons. The zero-order valence-corrected chi connectivity index (χ0v) is 12.9. The Balaban J connectivity index is 2.09. The summed E-state index contributed by atoms with van der Waals surface area (Å²) in [4.78, 5) is 20.3. The van der Waals surface area contributed by atoms with Gasteiger partial charge in [0, 0.05) is 30.0 Å². The Labute approximate surface area is 140 Å². The molecular formula is C13H9ClN4O4S. The fourth-order valence-electron chi connectivity index (χ4n) is 1.67. The van der Waals surface area contributed by atoms with Crippen LogP contribution in [0.3, 0.4) is 0 Å². The summed E-state index contributed by atoms with van der Waals surface area (Å²) >= 11 is 11.0. The van der Waals surface area contributed by atoms with Gasteiger partial charge in [0.25, 0.3) is 11.4 Å². The highest BCUT2D eigenvalue weighted by Gasteiger charge is 2.11. The molecule has 8 nitrogen and oxygen atoms in total. The van der Waals surface area contributed by atoms with Crippen molar-refractivity contribution in [1.82, 2.24) is 0 Å². The molecule has 0 fully saturated rings. The van der Waals surface area contributed by atoms with Gasteiger partial charge in [-0.05, 0) is 30.4 Å². The number of nitrogens with zero attached hydrogens (tertiary/aromatic N) is 2. The number of nitro benzene ring substituents is 2. The minimum atomic E-state index is -0.547. The molecule has 0 amide bonds. The lowest BCUT2D eigenvalue weighted by Crippen LogP contribution is -2.19. The minimum absolute atomic E-state index is 0.0452. The normalized spacial score (nSPS) is 9.96. The molecule has 2 N–H and O–H groups in total. The average molecular weight is 353 g/mol. The number of nitrogens with one attached hydrogen (secondary N) is 2. The predicted molar refractivity (Wildman–Crippen MR) is 91.0 cm³/mol. The molecule has 0 atom stereocenters. The SMILES string of the molecule is O=[N+]([O-])c1ccc(NC(=S)Nc2cc([N+](=O)[O-])ccc2Cl)cc1. The first-order chi connectivity index (χ1) is 10.9. The fourth-order valence-corrected chi connectivity index (χ4v) is 2.07. The number of thiocarbonyl (C=S) groups is 1. The van der Waals surface area contributed by atoms with Gasteiger partial charge in [-0.15, -0.1) is 0 Å². The highest BCUT2D eigenvalue weighted by atomic mass is 35.5. The molecule has 0 aliphatic rings. The highest BCUT2D eigenvalue weighted by molar-refractivity contribution is 7.80. The molecular weight excluding hydrogens is 344 g/mol. The number of anilines is 2. The van der Waals surface area contributed by atoms with Gasteiger partial charge < -0.3 is 10.6 Å². The van der Waals surface area contributed by atoms with Gasteiger partial charge in [0.15, 0.2) is 5.11 Å². The van der Waals surface area contributed by atoms with Crippen LogP contribution < -0.4 is 10.6 Å². The van der Waals surface area contributed by atoms with Crippen molar-refractivity contribution in [1.29, 1.82) is 0 Å². The molecule has 2 rings (SSSR count). The van der Waals surface area contributed by atoms with Crippen LogP contribution in [0, 0.1) is 20.2 Å². The summed E-state index contributed by atoms with van der Waals surface area (Å²) in [6.07, 6.45) is 0. The lowest BCUT2D eigenvalue weighted by molar-refractivity contribution is -0.385. The van der Waals surface area contributed by atoms with Crippen LogP contribution in [0.25, 0.3) is 0 Å². The van der Waals surface area contributed by atoms with Crippen molar-refractivity contribution >= 4 is 51.7 Å². The molecule has 0 heterocycles. The Kier molecular flexibility index (Phi) is 5.04. The van der Waals surface area contributed by atoms with E-state index in [0.29, 0.717) is 5.69 Å². The van der Waals surface area contributed by atoms with Crippen LogP contribution in [0.1, 0.15) is 0 Å². The number of rotatable bonds is 4. The molecule has 0 saturated carbocycles. The van der Waals surface area contributed by atoms with Gasteiger partial charge >= 0.3 is 0 Å². The van der Waals surface area contributed by atoms with E-state index in [0.717, 1.165) is 0 Å². The average Bonchev–Trinajstić information content (AvgIpc) is 2.49. The highest BCUT2D eigenvalue weighted by Crippen LogP contribution is 2.27. The van der Waals surface area contributed by atoms with Crippen molar-refractivity contribution in [3.63, 3.8) is 0 Å². The first-order valence-corrected chi connectivity index (χ1v) is 6.92. The Bertz CT molecular complexity index is 782. The van der Waals surface area contributed by atoms with E-state index in [2.05, 4.69) is 10.6 Å². The zero-order valence-electron chi connectivity index (χ0n) is 11.4. The first-order valence-electron chi connectivity index (χ1n) is 6.13. The molecule has 0 aliphatic carbocycles. The Morgan fingerprint density at radius 3 is 2.09 bits per heavy atom. The van der Waals surface area contributed by atoms with E-state index in [-0.39, 0.29) is 27.2 Å². The van der Waals surface area contributed by atoms with Crippen LogP contribution in [0.4, 0.5) is 22.7 Å². The Morgan fingerprint density at radius 2 is 1.52 bits per heavy atom. The lowest BCUT2D eigenvalue weighted by atomic mass is 10.3. The molecule has 10 heteroatoms. The number of hydrogen-bond acceptors (Lipinski definition) is 5. The summed E-state index contributed by atoms with van der Waals surface area (Å²) in [6.45, 7) is 0. The Morgan fingerprint density at radius 1 is 0.957 bits per heavy atom. The van der Waals surface area contributed by atoms with Gasteiger partial charge in [-0.2, -0.15) is 0 Å². The van der Waals surface area contributed by atoms with E-state index in [1.807, 2.05) is 0 Å². The van der Waals surface area contributed by atoms with Crippen LogP contribution in [0.15, 0.2) is 42.5 Å². The fraction of sp³-hybridized carbons (Fsp3) is 0. The van der Waals surface area contributed by atoms with E-state index in [1.165, 1.54) is 42.5 Å². The second-order valence-corrected chi connectivity index (χ2v) is 5.12. The van der Waals surface area contributed by atoms with Crippen LogP contribution in [-0.2, 0) is 0 Å². The smallest absolute Gasteiger partial charge is 0.271 e. The van der Waals surface area contributed by atoms with E-state index < -0.39 is 9.85 Å². The molecule has 2 aromatic carbocycles. The maximum absolute atomic E-state index is 10.8. The van der Waals surface area contributed by atoms with Crippen LogP contribution in [-0.4, -0.2) is 15.0 Å². The molecule has 0 spiro atoms. The van der Waals surface area contributed by atoms with Crippen LogP contribution in [0.5, 0.6) is 0 Å². The van der Waals surface area contributed by atoms with Crippen molar-refractivity contribution in [3.8, 4) is 0 Å². The van der Waals surface area contributed by atoms with E-state index in [9.17, 15) is 20.2 Å². The van der Waals surface area contributed by atoms with Gasteiger partial charge in [-0.25, -0.2) is 0 Å². The Hall–Kier alpha value is -2.78. The third-order valence-corrected chi connectivity index (χ3v) is 3.28. The predicted octanol–water partition coefficient (Wildman–Crippen LogP) is 3.97. The van der Waals surface area contributed by atoms with E-state index in [1.54, 1.807) is 0 Å². The standard InChI is InChI=1S/C13H9ClN4O4S/c14-11-6-5-10(18(21)22)7-12(11)16-13(23)15-8-1-3-9(4-2-8)17(19)20/h1-7H,(H2,15,16,23). The van der Waals surface area contributed by atoms with Crippen molar-refractivity contribution in [3.05, 3.63) is 67.7 Å². The number of hydrogen-bond donors (Lipinski definition) is 2. The monoisotopic (exact) mass is 352 g/mol. The number of benzene rings is 2. The minimum Gasteiger partial charge on any atom is -0.332 e. The van der Waals surface area contributed by atoms with Gasteiger partial charge in [0.2, 0.25) is 0 Å². The maximum atomic E-state index is 10.8. The number of halogens is 1. The van der Waals surface area contributed by atoms with Gasteiger partial charge in [-0.1, -0.05) is 11.6 Å². The van der Waals surface area contributed by atoms with E-state index >= 15 is 0 Å². The van der Waals surface area contributed by atoms with Crippen LogP contribution >= 0.6 is 23.8 Å². The number of non-ortho nitro benzene ring substituents is 2.